The minimum Gasteiger partial charge on any atom is -0.481 e. The summed E-state index contributed by atoms with van der Waals surface area (Å²) in [4.78, 5) is 21.6. The highest BCUT2D eigenvalue weighted by molar-refractivity contribution is 5.73. The molecule has 0 spiro atoms. The minimum absolute atomic E-state index is 0.0724. The number of fused-ring (bicyclic) bond motifs is 2. The molecule has 5 nitrogen and oxygen atoms in total. The molecule has 0 radical (unpaired) electrons. The van der Waals surface area contributed by atoms with Gasteiger partial charge in [-0.15, -0.1) is 0 Å². The predicted octanol–water partition coefficient (Wildman–Crippen LogP) is 0.00230. The summed E-state index contributed by atoms with van der Waals surface area (Å²) in [7, 11) is 0. The van der Waals surface area contributed by atoms with Crippen LogP contribution in [0.3, 0.4) is 0 Å². The van der Waals surface area contributed by atoms with Gasteiger partial charge in [0.25, 0.3) is 0 Å². The molecular formula is C10H15NO4. The molecule has 3 rings (SSSR count). The second-order valence-corrected chi connectivity index (χ2v) is 4.52. The Morgan fingerprint density at radius 2 is 2.20 bits per heavy atom. The van der Waals surface area contributed by atoms with E-state index in [4.69, 9.17) is 9.84 Å². The summed E-state index contributed by atoms with van der Waals surface area (Å²) in [6.45, 7) is 2.25. The van der Waals surface area contributed by atoms with E-state index in [2.05, 4.69) is 5.32 Å². The quantitative estimate of drug-likeness (QED) is 0.692. The molecule has 3 aliphatic rings. The highest BCUT2D eigenvalue weighted by Crippen LogP contribution is 2.49. The van der Waals surface area contributed by atoms with Crippen LogP contribution in [0.1, 0.15) is 19.8 Å². The SMILES string of the molecule is CC(=O)NCC12CC(C1)C(C(=O)O)CO2. The Kier molecular flexibility index (Phi) is 2.42. The van der Waals surface area contributed by atoms with Gasteiger partial charge in [-0.25, -0.2) is 0 Å². The monoisotopic (exact) mass is 213 g/mol. The van der Waals surface area contributed by atoms with E-state index in [1.54, 1.807) is 0 Å². The van der Waals surface area contributed by atoms with Crippen LogP contribution in [-0.4, -0.2) is 35.7 Å². The number of hydrogen-bond donors (Lipinski definition) is 2. The molecule has 2 saturated heterocycles. The van der Waals surface area contributed by atoms with Gasteiger partial charge < -0.3 is 15.2 Å². The van der Waals surface area contributed by atoms with Crippen molar-refractivity contribution in [3.63, 3.8) is 0 Å². The average molecular weight is 213 g/mol. The van der Waals surface area contributed by atoms with Gasteiger partial charge in [0.1, 0.15) is 0 Å². The van der Waals surface area contributed by atoms with Crippen LogP contribution in [0.25, 0.3) is 0 Å². The summed E-state index contributed by atoms with van der Waals surface area (Å²) in [5, 5.41) is 11.6. The largest absolute Gasteiger partial charge is 0.481 e. The first-order valence-electron chi connectivity index (χ1n) is 5.14. The van der Waals surface area contributed by atoms with Crippen molar-refractivity contribution in [2.45, 2.75) is 25.4 Å². The van der Waals surface area contributed by atoms with E-state index in [1.807, 2.05) is 0 Å². The second kappa shape index (κ2) is 3.48. The van der Waals surface area contributed by atoms with Crippen LogP contribution in [0.15, 0.2) is 0 Å². The molecule has 0 aromatic carbocycles. The van der Waals surface area contributed by atoms with Crippen molar-refractivity contribution in [2.24, 2.45) is 11.8 Å². The Morgan fingerprint density at radius 1 is 1.53 bits per heavy atom. The number of carbonyl (C=O) groups is 2. The lowest BCUT2D eigenvalue weighted by molar-refractivity contribution is -0.211. The lowest BCUT2D eigenvalue weighted by atomic mass is 9.63. The summed E-state index contributed by atoms with van der Waals surface area (Å²) in [6, 6.07) is 0. The highest BCUT2D eigenvalue weighted by Gasteiger charge is 2.54. The van der Waals surface area contributed by atoms with E-state index >= 15 is 0 Å². The van der Waals surface area contributed by atoms with E-state index in [0.29, 0.717) is 6.54 Å². The van der Waals surface area contributed by atoms with Crippen LogP contribution in [0, 0.1) is 11.8 Å². The summed E-state index contributed by atoms with van der Waals surface area (Å²) in [6.07, 6.45) is 1.51. The topological polar surface area (TPSA) is 75.6 Å². The van der Waals surface area contributed by atoms with Crippen molar-refractivity contribution in [2.75, 3.05) is 13.2 Å². The maximum Gasteiger partial charge on any atom is 0.309 e. The lowest BCUT2D eigenvalue weighted by Crippen LogP contribution is -2.61. The van der Waals surface area contributed by atoms with Crippen molar-refractivity contribution in [1.82, 2.24) is 5.32 Å². The van der Waals surface area contributed by atoms with Crippen molar-refractivity contribution in [3.05, 3.63) is 0 Å². The third-order valence-corrected chi connectivity index (χ3v) is 3.38. The molecule has 2 heterocycles. The Morgan fingerprint density at radius 3 is 2.60 bits per heavy atom. The van der Waals surface area contributed by atoms with Gasteiger partial charge in [0.2, 0.25) is 5.91 Å². The molecule has 15 heavy (non-hydrogen) atoms. The number of nitrogens with one attached hydrogen (secondary N) is 1. The molecule has 2 N–H and O–H groups in total. The summed E-state index contributed by atoms with van der Waals surface area (Å²) in [5.41, 5.74) is -0.276. The molecular weight excluding hydrogens is 198 g/mol. The number of carboxylic acid groups (broad SMARTS) is 1. The van der Waals surface area contributed by atoms with Gasteiger partial charge in [0.15, 0.2) is 0 Å². The first-order chi connectivity index (χ1) is 7.02. The Bertz CT molecular complexity index is 290. The fourth-order valence-electron chi connectivity index (χ4n) is 2.45. The lowest BCUT2D eigenvalue weighted by Gasteiger charge is -2.54. The normalized spacial score (nSPS) is 37.9. The molecule has 0 aromatic heterocycles. The van der Waals surface area contributed by atoms with Crippen molar-refractivity contribution in [3.8, 4) is 0 Å². The van der Waals surface area contributed by atoms with Crippen LogP contribution in [0.4, 0.5) is 0 Å². The summed E-state index contributed by atoms with van der Waals surface area (Å²) in [5.74, 6) is -0.973. The molecule has 1 saturated carbocycles. The van der Waals surface area contributed by atoms with E-state index in [1.165, 1.54) is 6.92 Å². The number of amides is 1. The van der Waals surface area contributed by atoms with Gasteiger partial charge in [-0.3, -0.25) is 9.59 Å². The Hall–Kier alpha value is -1.10. The van der Waals surface area contributed by atoms with Crippen LogP contribution in [0.5, 0.6) is 0 Å². The fourth-order valence-corrected chi connectivity index (χ4v) is 2.45. The first kappa shape index (κ1) is 10.4. The van der Waals surface area contributed by atoms with Gasteiger partial charge in [-0.05, 0) is 18.8 Å². The minimum atomic E-state index is -0.771. The van der Waals surface area contributed by atoms with Crippen molar-refractivity contribution < 1.29 is 19.4 Å². The van der Waals surface area contributed by atoms with Crippen LogP contribution in [0.2, 0.25) is 0 Å². The molecule has 3 fully saturated rings. The zero-order chi connectivity index (χ0) is 11.1. The van der Waals surface area contributed by atoms with Crippen molar-refractivity contribution in [1.29, 1.82) is 0 Å². The molecule has 1 amide bonds. The highest BCUT2D eigenvalue weighted by atomic mass is 16.5. The van der Waals surface area contributed by atoms with Gasteiger partial charge >= 0.3 is 5.97 Å². The van der Waals surface area contributed by atoms with Crippen molar-refractivity contribution >= 4 is 11.9 Å². The molecule has 5 heteroatoms. The number of rotatable bonds is 3. The summed E-state index contributed by atoms with van der Waals surface area (Å²) < 4.78 is 5.56. The zero-order valence-electron chi connectivity index (χ0n) is 8.66. The molecule has 1 unspecified atom stereocenters. The van der Waals surface area contributed by atoms with Gasteiger partial charge in [-0.2, -0.15) is 0 Å². The maximum absolute atomic E-state index is 10.8. The predicted molar refractivity (Wildman–Crippen MR) is 51.2 cm³/mol. The molecule has 1 atom stereocenters. The molecule has 2 bridgehead atoms. The van der Waals surface area contributed by atoms with Crippen LogP contribution in [-0.2, 0) is 14.3 Å². The third-order valence-electron chi connectivity index (χ3n) is 3.38. The average Bonchev–Trinajstić information content (AvgIpc) is 2.13. The first-order valence-corrected chi connectivity index (χ1v) is 5.14. The van der Waals surface area contributed by atoms with Gasteiger partial charge in [0, 0.05) is 13.5 Å². The molecule has 2 aliphatic heterocycles. The van der Waals surface area contributed by atoms with E-state index in [0.717, 1.165) is 12.8 Å². The van der Waals surface area contributed by atoms with Crippen LogP contribution < -0.4 is 5.32 Å². The second-order valence-electron chi connectivity index (χ2n) is 4.52. The standard InChI is InChI=1S/C10H15NO4/c1-6(12)11-5-10-2-7(3-10)8(4-15-10)9(13)14/h7-8H,2-5H2,1H3,(H,11,12)(H,13,14). The molecule has 1 aliphatic carbocycles. The Balaban J connectivity index is 1.87. The number of hydrogen-bond acceptors (Lipinski definition) is 3. The fraction of sp³-hybridized carbons (Fsp3) is 0.800. The zero-order valence-corrected chi connectivity index (χ0v) is 8.66. The maximum atomic E-state index is 10.8. The number of carbonyl (C=O) groups excluding carboxylic acids is 1. The van der Waals surface area contributed by atoms with E-state index in [9.17, 15) is 9.59 Å². The third kappa shape index (κ3) is 1.84. The van der Waals surface area contributed by atoms with Gasteiger partial charge in [-0.1, -0.05) is 0 Å². The Labute approximate surface area is 87.8 Å². The number of carboxylic acids is 1. The molecule has 0 aromatic rings. The molecule has 84 valence electrons. The number of ether oxygens (including phenoxy) is 1. The van der Waals surface area contributed by atoms with Crippen LogP contribution >= 0.6 is 0 Å². The summed E-state index contributed by atoms with van der Waals surface area (Å²) >= 11 is 0. The van der Waals surface area contributed by atoms with E-state index < -0.39 is 5.97 Å². The van der Waals surface area contributed by atoms with Gasteiger partial charge in [0.05, 0.1) is 18.1 Å². The van der Waals surface area contributed by atoms with E-state index in [-0.39, 0.29) is 30.0 Å². The number of aliphatic carboxylic acids is 1. The smallest absolute Gasteiger partial charge is 0.309 e.